The fourth-order valence-electron chi connectivity index (χ4n) is 6.28. The molecule has 0 bridgehead atoms. The first kappa shape index (κ1) is 32.0. The second-order valence-electron chi connectivity index (χ2n) is 12.3. The fourth-order valence-corrected chi connectivity index (χ4v) is 6.28. The van der Waals surface area contributed by atoms with Crippen molar-refractivity contribution in [2.75, 3.05) is 32.7 Å². The van der Waals surface area contributed by atoms with Gasteiger partial charge in [-0.25, -0.2) is 0 Å². The van der Waals surface area contributed by atoms with Gasteiger partial charge in [-0.2, -0.15) is 0 Å². The van der Waals surface area contributed by atoms with Gasteiger partial charge in [0.2, 0.25) is 11.7 Å². The van der Waals surface area contributed by atoms with Crippen molar-refractivity contribution in [1.82, 2.24) is 29.9 Å². The van der Waals surface area contributed by atoms with Crippen molar-refractivity contribution in [3.8, 4) is 28.6 Å². The largest absolute Gasteiger partial charge is 0.508 e. The van der Waals surface area contributed by atoms with Gasteiger partial charge in [0, 0.05) is 43.9 Å². The number of nitrogens with one attached hydrogen (secondary N) is 1. The van der Waals surface area contributed by atoms with Crippen molar-refractivity contribution in [3.05, 3.63) is 53.3 Å². The molecule has 2 fully saturated rings. The molecule has 2 aliphatic heterocycles. The summed E-state index contributed by atoms with van der Waals surface area (Å²) in [6, 6.07) is 10.7. The third-order valence-electron chi connectivity index (χ3n) is 8.90. The van der Waals surface area contributed by atoms with Gasteiger partial charge < -0.3 is 25.5 Å². The molecule has 12 nitrogen and oxygen atoms in total. The molecule has 0 unspecified atom stereocenters. The molecule has 12 heteroatoms. The quantitative estimate of drug-likeness (QED) is 0.280. The number of phenols is 2. The Hall–Kier alpha value is -4.45. The first-order chi connectivity index (χ1) is 21.6. The van der Waals surface area contributed by atoms with Crippen LogP contribution in [0.5, 0.6) is 11.5 Å². The van der Waals surface area contributed by atoms with Crippen molar-refractivity contribution in [3.63, 3.8) is 0 Å². The molecular weight excluding hydrogens is 576 g/mol. The molecule has 5 rings (SSSR count). The SMILES string of the molecule is CCNC(=O)c1nnc(-c2cc(C(C)C)c(O)cc2O)n1-c1ccc(CN2CCC(C(=O)N3CCC(C(=O)O)CC3)CC2)cc1. The lowest BCUT2D eigenvalue weighted by Crippen LogP contribution is -2.46. The van der Waals surface area contributed by atoms with Gasteiger partial charge in [0.1, 0.15) is 11.5 Å². The number of nitrogens with zero attached hydrogens (tertiary/aromatic N) is 5. The highest BCUT2D eigenvalue weighted by atomic mass is 16.4. The number of aromatic hydroxyl groups is 2. The normalized spacial score (nSPS) is 16.7. The average molecular weight is 619 g/mol. The molecule has 0 aliphatic carbocycles. The van der Waals surface area contributed by atoms with Crippen LogP contribution in [0.3, 0.4) is 0 Å². The number of piperidine rings is 2. The van der Waals surface area contributed by atoms with Crippen LogP contribution in [0.2, 0.25) is 0 Å². The highest BCUT2D eigenvalue weighted by Gasteiger charge is 2.32. The fraction of sp³-hybridized carbons (Fsp3) is 0.485. The lowest BCUT2D eigenvalue weighted by molar-refractivity contribution is -0.147. The Balaban J connectivity index is 1.29. The number of aliphatic carboxylic acids is 1. The molecule has 240 valence electrons. The molecular formula is C33H42N6O6. The molecule has 4 N–H and O–H groups in total. The summed E-state index contributed by atoms with van der Waals surface area (Å²) in [6.45, 7) is 9.43. The average Bonchev–Trinajstić information content (AvgIpc) is 3.46. The molecule has 2 saturated heterocycles. The van der Waals surface area contributed by atoms with E-state index < -0.39 is 11.9 Å². The number of aromatic nitrogens is 3. The molecule has 2 aliphatic rings. The minimum Gasteiger partial charge on any atom is -0.508 e. The second kappa shape index (κ2) is 13.7. The number of carboxylic acids is 1. The van der Waals surface area contributed by atoms with Gasteiger partial charge in [0.15, 0.2) is 5.82 Å². The molecule has 0 atom stereocenters. The zero-order valence-corrected chi connectivity index (χ0v) is 26.1. The molecule has 0 spiro atoms. The summed E-state index contributed by atoms with van der Waals surface area (Å²) in [5, 5.41) is 41.6. The van der Waals surface area contributed by atoms with Crippen LogP contribution in [0.4, 0.5) is 0 Å². The summed E-state index contributed by atoms with van der Waals surface area (Å²) in [7, 11) is 0. The van der Waals surface area contributed by atoms with E-state index in [1.807, 2.05) is 49.9 Å². The Morgan fingerprint density at radius 1 is 0.911 bits per heavy atom. The highest BCUT2D eigenvalue weighted by molar-refractivity contribution is 5.92. The zero-order valence-electron chi connectivity index (χ0n) is 26.1. The van der Waals surface area contributed by atoms with E-state index in [4.69, 9.17) is 0 Å². The van der Waals surface area contributed by atoms with E-state index in [2.05, 4.69) is 20.4 Å². The number of hydrogen-bond acceptors (Lipinski definition) is 8. The van der Waals surface area contributed by atoms with Gasteiger partial charge in [0.25, 0.3) is 5.91 Å². The Morgan fingerprint density at radius 3 is 2.16 bits per heavy atom. The maximum atomic E-state index is 13.1. The number of likely N-dealkylation sites (tertiary alicyclic amines) is 2. The van der Waals surface area contributed by atoms with Crippen LogP contribution in [0, 0.1) is 11.8 Å². The van der Waals surface area contributed by atoms with E-state index in [9.17, 15) is 29.7 Å². The van der Waals surface area contributed by atoms with E-state index in [1.165, 1.54) is 6.07 Å². The van der Waals surface area contributed by atoms with E-state index in [1.54, 1.807) is 10.6 Å². The van der Waals surface area contributed by atoms with Crippen LogP contribution < -0.4 is 5.32 Å². The van der Waals surface area contributed by atoms with Crippen LogP contribution in [0.15, 0.2) is 36.4 Å². The Labute approximate surface area is 262 Å². The monoisotopic (exact) mass is 618 g/mol. The van der Waals surface area contributed by atoms with Crippen LogP contribution in [0.25, 0.3) is 17.1 Å². The lowest BCUT2D eigenvalue weighted by atomic mass is 9.92. The minimum atomic E-state index is -0.773. The number of benzene rings is 2. The number of carbonyl (C=O) groups excluding carboxylic acids is 2. The van der Waals surface area contributed by atoms with Crippen molar-refractivity contribution in [1.29, 1.82) is 0 Å². The van der Waals surface area contributed by atoms with Gasteiger partial charge >= 0.3 is 5.97 Å². The molecule has 1 aromatic heterocycles. The van der Waals surface area contributed by atoms with Gasteiger partial charge in [0.05, 0.1) is 11.5 Å². The Kier molecular flexibility index (Phi) is 9.71. The second-order valence-corrected chi connectivity index (χ2v) is 12.3. The smallest absolute Gasteiger partial charge is 0.306 e. The number of carbonyl (C=O) groups is 3. The van der Waals surface area contributed by atoms with Crippen LogP contribution in [-0.4, -0.2) is 90.4 Å². The van der Waals surface area contributed by atoms with Crippen LogP contribution in [0.1, 0.15) is 74.1 Å². The third kappa shape index (κ3) is 6.95. The summed E-state index contributed by atoms with van der Waals surface area (Å²) < 4.78 is 1.61. The zero-order chi connectivity index (χ0) is 32.2. The maximum absolute atomic E-state index is 13.1. The summed E-state index contributed by atoms with van der Waals surface area (Å²) in [6.07, 6.45) is 2.58. The summed E-state index contributed by atoms with van der Waals surface area (Å²) in [5.41, 5.74) is 2.71. The molecule has 45 heavy (non-hydrogen) atoms. The lowest BCUT2D eigenvalue weighted by Gasteiger charge is -2.36. The molecule has 0 saturated carbocycles. The van der Waals surface area contributed by atoms with E-state index >= 15 is 0 Å². The standard InChI is InChI=1S/C33H42N6O6/c1-4-34-31(42)30-36-35-29(26-17-25(20(2)3)27(40)18-28(26)41)39(30)24-7-5-21(6-8-24)19-37-13-9-22(10-14-37)32(43)38-15-11-23(12-16-38)33(44)45/h5-8,17-18,20,22-23,40-41H,4,9-16,19H2,1-3H3,(H,34,42)(H,44,45). The van der Waals surface area contributed by atoms with E-state index in [0.717, 1.165) is 31.5 Å². The number of amides is 2. The van der Waals surface area contributed by atoms with Gasteiger partial charge in [-0.1, -0.05) is 26.0 Å². The molecule has 0 radical (unpaired) electrons. The molecule has 3 aromatic rings. The Morgan fingerprint density at radius 2 is 1.56 bits per heavy atom. The van der Waals surface area contributed by atoms with Gasteiger partial charge in [-0.15, -0.1) is 10.2 Å². The van der Waals surface area contributed by atoms with Crippen LogP contribution >= 0.6 is 0 Å². The summed E-state index contributed by atoms with van der Waals surface area (Å²) >= 11 is 0. The first-order valence-electron chi connectivity index (χ1n) is 15.7. The van der Waals surface area contributed by atoms with E-state index in [0.29, 0.717) is 55.8 Å². The minimum absolute atomic E-state index is 0.0117. The number of hydrogen-bond donors (Lipinski definition) is 4. The van der Waals surface area contributed by atoms with Crippen molar-refractivity contribution < 1.29 is 29.7 Å². The number of rotatable bonds is 9. The Bertz CT molecular complexity index is 1540. The van der Waals surface area contributed by atoms with Crippen LogP contribution in [-0.2, 0) is 16.1 Å². The topological polar surface area (TPSA) is 161 Å². The van der Waals surface area contributed by atoms with Gasteiger partial charge in [-0.3, -0.25) is 23.9 Å². The highest BCUT2D eigenvalue weighted by Crippen LogP contribution is 2.38. The molecule has 2 aromatic carbocycles. The number of phenolic OH excluding ortho intramolecular Hbond substituents is 2. The maximum Gasteiger partial charge on any atom is 0.306 e. The number of carboxylic acid groups (broad SMARTS) is 1. The van der Waals surface area contributed by atoms with Crippen molar-refractivity contribution in [2.45, 2.75) is 58.9 Å². The summed E-state index contributed by atoms with van der Waals surface area (Å²) in [4.78, 5) is 41.4. The van der Waals surface area contributed by atoms with E-state index in [-0.39, 0.29) is 46.8 Å². The molecule has 3 heterocycles. The van der Waals surface area contributed by atoms with Crippen molar-refractivity contribution in [2.24, 2.45) is 11.8 Å². The predicted octanol–water partition coefficient (Wildman–Crippen LogP) is 3.75. The van der Waals surface area contributed by atoms with Crippen molar-refractivity contribution >= 4 is 17.8 Å². The molecule has 2 amide bonds. The summed E-state index contributed by atoms with van der Waals surface area (Å²) in [5.74, 6) is -1.24. The predicted molar refractivity (Wildman–Crippen MR) is 167 cm³/mol. The first-order valence-corrected chi connectivity index (χ1v) is 15.7. The van der Waals surface area contributed by atoms with Gasteiger partial charge in [-0.05, 0) is 80.9 Å². The third-order valence-corrected chi connectivity index (χ3v) is 8.90.